The fraction of sp³-hybridized carbons (Fsp3) is 0.0137. The van der Waals surface area contributed by atoms with Crippen LogP contribution in [0.25, 0.3) is 86.6 Å². The van der Waals surface area contributed by atoms with Gasteiger partial charge in [0, 0.05) is 70.6 Å². The lowest BCUT2D eigenvalue weighted by Crippen LogP contribution is -2.26. The second kappa shape index (κ2) is 17.2. The molecule has 0 amide bonds. The summed E-state index contributed by atoms with van der Waals surface area (Å²) in [6.07, 6.45) is 0. The van der Waals surface area contributed by atoms with Crippen LogP contribution in [0, 0.1) is 0 Å². The van der Waals surface area contributed by atoms with Crippen LogP contribution < -0.4 is 9.80 Å². The lowest BCUT2D eigenvalue weighted by atomic mass is 9.70. The average molecular weight is 999 g/mol. The maximum Gasteiger partial charge on any atom is 0.135 e. The first-order valence-electron chi connectivity index (χ1n) is 26.4. The number of anilines is 6. The van der Waals surface area contributed by atoms with Crippen LogP contribution in [-0.2, 0) is 5.41 Å². The van der Waals surface area contributed by atoms with Crippen molar-refractivity contribution < 1.29 is 4.42 Å². The third-order valence-corrected chi connectivity index (χ3v) is 17.5. The number of furan rings is 1. The van der Waals surface area contributed by atoms with E-state index in [-0.39, 0.29) is 0 Å². The molecule has 12 aromatic carbocycles. The number of fused-ring (bicyclic) bond motifs is 16. The Bertz CT molecular complexity index is 4600. The predicted octanol–water partition coefficient (Wildman–Crippen LogP) is 20.6. The number of rotatable bonds is 8. The normalized spacial score (nSPS) is 14.0. The number of hydrogen-bond donors (Lipinski definition) is 0. The maximum atomic E-state index is 6.17. The van der Waals surface area contributed by atoms with Gasteiger partial charge in [0.1, 0.15) is 11.2 Å². The van der Waals surface area contributed by atoms with E-state index in [1.54, 1.807) is 0 Å². The summed E-state index contributed by atoms with van der Waals surface area (Å²) in [5, 5.41) is 4.78. The van der Waals surface area contributed by atoms with Gasteiger partial charge in [-0.15, -0.1) is 11.3 Å². The van der Waals surface area contributed by atoms with Crippen LogP contribution in [0.4, 0.5) is 34.1 Å². The molecule has 0 bridgehead atoms. The standard InChI is InChI=1S/C73H46N2OS/c1-4-18-49(19-5-1)74(50-20-6-2-7-21-50)54-39-41-56-55-24-10-13-30-64(55)73(67(56)46-54)65-31-14-11-26-61(65)71-58(27-17-32-66(71)73)59-28-16-29-60-63-45-53(40-43-70(63)77-72(59)60)75(51-22-8-3-9-23-51)52-37-34-47(35-38-52)48-36-42-69-62(44-48)57-25-12-15-33-68(57)76-69/h1-46H. The summed E-state index contributed by atoms with van der Waals surface area (Å²) in [5.41, 5.74) is 23.3. The van der Waals surface area contributed by atoms with E-state index in [0.717, 1.165) is 67.2 Å². The molecule has 1 spiro atoms. The zero-order valence-corrected chi connectivity index (χ0v) is 42.6. The molecule has 3 nitrogen and oxygen atoms in total. The molecule has 4 heteroatoms. The van der Waals surface area contributed by atoms with Crippen molar-refractivity contribution in [2.24, 2.45) is 0 Å². The SMILES string of the molecule is c1ccc(N(c2ccccc2)c2ccc3c(c2)C2(c4ccccc4-3)c3ccccc3-c3c(-c4cccc5c4sc4ccc(N(c6ccccc6)c6ccc(-c7ccc8oc9ccccc9c8c7)cc6)cc45)cccc32)cc1. The highest BCUT2D eigenvalue weighted by Gasteiger charge is 2.52. The second-order valence-electron chi connectivity index (χ2n) is 20.3. The Hall–Kier alpha value is -9.74. The van der Waals surface area contributed by atoms with E-state index in [1.165, 1.54) is 75.8 Å². The molecule has 14 aromatic rings. The molecule has 0 saturated carbocycles. The van der Waals surface area contributed by atoms with E-state index in [1.807, 2.05) is 23.5 Å². The minimum absolute atomic E-state index is 0.534. The van der Waals surface area contributed by atoms with E-state index in [2.05, 4.69) is 277 Å². The van der Waals surface area contributed by atoms with Gasteiger partial charge in [-0.25, -0.2) is 0 Å². The Morgan fingerprint density at radius 3 is 1.53 bits per heavy atom. The van der Waals surface area contributed by atoms with Crippen molar-refractivity contribution in [1.82, 2.24) is 0 Å². The molecule has 77 heavy (non-hydrogen) atoms. The molecule has 16 rings (SSSR count). The summed E-state index contributed by atoms with van der Waals surface area (Å²) in [4.78, 5) is 4.77. The molecule has 0 saturated heterocycles. The number of nitrogens with zero attached hydrogens (tertiary/aromatic N) is 2. The molecule has 360 valence electrons. The van der Waals surface area contributed by atoms with Crippen molar-refractivity contribution >= 4 is 87.6 Å². The first-order chi connectivity index (χ1) is 38.2. The Morgan fingerprint density at radius 2 is 0.792 bits per heavy atom. The molecule has 0 radical (unpaired) electrons. The highest BCUT2D eigenvalue weighted by atomic mass is 32.1. The zero-order valence-electron chi connectivity index (χ0n) is 41.8. The van der Waals surface area contributed by atoms with Crippen LogP contribution in [-0.4, -0.2) is 0 Å². The van der Waals surface area contributed by atoms with E-state index in [4.69, 9.17) is 4.42 Å². The summed E-state index contributed by atoms with van der Waals surface area (Å²) in [7, 11) is 0. The number of para-hydroxylation sites is 4. The zero-order chi connectivity index (χ0) is 50.6. The van der Waals surface area contributed by atoms with Gasteiger partial charge in [-0.2, -0.15) is 0 Å². The molecule has 0 N–H and O–H groups in total. The van der Waals surface area contributed by atoms with E-state index >= 15 is 0 Å². The summed E-state index contributed by atoms with van der Waals surface area (Å²) < 4.78 is 8.72. The molecule has 1 atom stereocenters. The van der Waals surface area contributed by atoms with Gasteiger partial charge in [0.2, 0.25) is 0 Å². The second-order valence-corrected chi connectivity index (χ2v) is 21.3. The highest BCUT2D eigenvalue weighted by Crippen LogP contribution is 2.65. The largest absolute Gasteiger partial charge is 0.456 e. The van der Waals surface area contributed by atoms with Gasteiger partial charge >= 0.3 is 0 Å². The van der Waals surface area contributed by atoms with Crippen molar-refractivity contribution in [2.45, 2.75) is 5.41 Å². The summed E-state index contributed by atoms with van der Waals surface area (Å²) in [6.45, 7) is 0. The van der Waals surface area contributed by atoms with Crippen LogP contribution in [0.5, 0.6) is 0 Å². The van der Waals surface area contributed by atoms with Crippen molar-refractivity contribution in [3.8, 4) is 44.5 Å². The third kappa shape index (κ3) is 6.56. The molecule has 0 aliphatic heterocycles. The fourth-order valence-electron chi connectivity index (χ4n) is 13.0. The lowest BCUT2D eigenvalue weighted by molar-refractivity contribution is 0.669. The van der Waals surface area contributed by atoms with Crippen molar-refractivity contribution in [1.29, 1.82) is 0 Å². The van der Waals surface area contributed by atoms with Crippen molar-refractivity contribution in [3.05, 3.63) is 301 Å². The van der Waals surface area contributed by atoms with Crippen molar-refractivity contribution in [3.63, 3.8) is 0 Å². The van der Waals surface area contributed by atoms with Gasteiger partial charge in [-0.1, -0.05) is 182 Å². The lowest BCUT2D eigenvalue weighted by Gasteiger charge is -2.32. The van der Waals surface area contributed by atoms with Crippen LogP contribution in [0.2, 0.25) is 0 Å². The summed E-state index contributed by atoms with van der Waals surface area (Å²) >= 11 is 1.89. The molecule has 2 aliphatic carbocycles. The Balaban J connectivity index is 0.834. The maximum absolute atomic E-state index is 6.17. The molecular weight excluding hydrogens is 953 g/mol. The van der Waals surface area contributed by atoms with Crippen LogP contribution >= 0.6 is 11.3 Å². The third-order valence-electron chi connectivity index (χ3n) is 16.3. The Morgan fingerprint density at radius 1 is 0.286 bits per heavy atom. The van der Waals surface area contributed by atoms with Gasteiger partial charge < -0.3 is 14.2 Å². The molecule has 2 aromatic heterocycles. The van der Waals surface area contributed by atoms with Gasteiger partial charge in [0.05, 0.1) is 5.41 Å². The fourth-order valence-corrected chi connectivity index (χ4v) is 14.2. The van der Waals surface area contributed by atoms with Crippen LogP contribution in [0.3, 0.4) is 0 Å². The van der Waals surface area contributed by atoms with E-state index in [9.17, 15) is 0 Å². The Labute approximate surface area is 450 Å². The summed E-state index contributed by atoms with van der Waals surface area (Å²) in [6, 6.07) is 102. The molecule has 0 fully saturated rings. The number of benzene rings is 12. The van der Waals surface area contributed by atoms with Crippen molar-refractivity contribution in [2.75, 3.05) is 9.80 Å². The van der Waals surface area contributed by atoms with Gasteiger partial charge in [-0.3, -0.25) is 0 Å². The quantitative estimate of drug-likeness (QED) is 0.151. The monoisotopic (exact) mass is 998 g/mol. The number of thiophene rings is 1. The molecule has 2 heterocycles. The topological polar surface area (TPSA) is 19.6 Å². The number of hydrogen-bond acceptors (Lipinski definition) is 4. The molecule has 2 aliphatic rings. The Kier molecular flexibility index (Phi) is 9.72. The first kappa shape index (κ1) is 43.6. The van der Waals surface area contributed by atoms with Gasteiger partial charge in [0.25, 0.3) is 0 Å². The minimum Gasteiger partial charge on any atom is -0.456 e. The van der Waals surface area contributed by atoms with Crippen LogP contribution in [0.15, 0.2) is 283 Å². The smallest absolute Gasteiger partial charge is 0.135 e. The average Bonchev–Trinajstić information content (AvgIpc) is 4.29. The summed E-state index contributed by atoms with van der Waals surface area (Å²) in [5.74, 6) is 0. The highest BCUT2D eigenvalue weighted by molar-refractivity contribution is 7.26. The molecule has 1 unspecified atom stereocenters. The predicted molar refractivity (Wildman–Crippen MR) is 323 cm³/mol. The minimum atomic E-state index is -0.534. The van der Waals surface area contributed by atoms with E-state index < -0.39 is 5.41 Å². The first-order valence-corrected chi connectivity index (χ1v) is 27.2. The van der Waals surface area contributed by atoms with E-state index in [0.29, 0.717) is 0 Å². The van der Waals surface area contributed by atoms with Crippen LogP contribution in [0.1, 0.15) is 22.3 Å². The van der Waals surface area contributed by atoms with Gasteiger partial charge in [-0.05, 0) is 158 Å². The molecular formula is C73H46N2OS. The van der Waals surface area contributed by atoms with Gasteiger partial charge in [0.15, 0.2) is 0 Å².